The minimum absolute atomic E-state index is 0.0837. The summed E-state index contributed by atoms with van der Waals surface area (Å²) in [5, 5.41) is 2.96. The number of ether oxygens (including phenoxy) is 1. The molecule has 3 heteroatoms. The molecule has 100 valence electrons. The largest absolute Gasteiger partial charge is 0.372 e. The summed E-state index contributed by atoms with van der Waals surface area (Å²) in [6.07, 6.45) is 0.925. The van der Waals surface area contributed by atoms with Gasteiger partial charge in [-0.25, -0.2) is 0 Å². The molecule has 1 aromatic carbocycles. The minimum atomic E-state index is -0.0837. The summed E-state index contributed by atoms with van der Waals surface area (Å²) in [5.74, 6) is 0.302. The molecule has 0 aromatic heterocycles. The smallest absolute Gasteiger partial charge is 0.250 e. The Bertz CT molecular complexity index is 399. The van der Waals surface area contributed by atoms with Crippen molar-refractivity contribution in [2.75, 3.05) is 18.5 Å². The van der Waals surface area contributed by atoms with E-state index >= 15 is 0 Å². The third kappa shape index (κ3) is 4.15. The number of carbonyl (C=O) groups is 1. The van der Waals surface area contributed by atoms with Crippen LogP contribution in [0.4, 0.5) is 5.69 Å². The van der Waals surface area contributed by atoms with Gasteiger partial charge in [0.25, 0.3) is 0 Å². The summed E-state index contributed by atoms with van der Waals surface area (Å²) in [4.78, 5) is 11.8. The number of amides is 1. The number of aryl methyl sites for hydroxylation is 1. The fraction of sp³-hybridized carbons (Fsp3) is 0.533. The van der Waals surface area contributed by atoms with E-state index in [1.165, 1.54) is 5.56 Å². The van der Waals surface area contributed by atoms with Gasteiger partial charge in [-0.15, -0.1) is 0 Å². The highest BCUT2D eigenvalue weighted by Crippen LogP contribution is 2.27. The van der Waals surface area contributed by atoms with Crippen LogP contribution in [-0.2, 0) is 9.53 Å². The minimum Gasteiger partial charge on any atom is -0.372 e. The molecule has 0 fully saturated rings. The van der Waals surface area contributed by atoms with Crippen LogP contribution in [-0.4, -0.2) is 19.1 Å². The maximum atomic E-state index is 11.8. The first-order valence-electron chi connectivity index (χ1n) is 6.53. The molecule has 0 unspecified atom stereocenters. The van der Waals surface area contributed by atoms with E-state index in [-0.39, 0.29) is 12.5 Å². The van der Waals surface area contributed by atoms with Gasteiger partial charge in [0.1, 0.15) is 6.61 Å². The van der Waals surface area contributed by atoms with Crippen molar-refractivity contribution < 1.29 is 9.53 Å². The molecule has 0 aliphatic heterocycles. The van der Waals surface area contributed by atoms with Gasteiger partial charge in [0.15, 0.2) is 0 Å². The summed E-state index contributed by atoms with van der Waals surface area (Å²) in [5.41, 5.74) is 3.18. The van der Waals surface area contributed by atoms with Gasteiger partial charge in [-0.3, -0.25) is 4.79 Å². The SMILES string of the molecule is CCCOCC(=O)Nc1c(C)cccc1C(C)C. The monoisotopic (exact) mass is 249 g/mol. The number of nitrogens with one attached hydrogen (secondary N) is 1. The zero-order valence-corrected chi connectivity index (χ0v) is 11.7. The van der Waals surface area contributed by atoms with E-state index in [0.717, 1.165) is 17.7 Å². The third-order valence-electron chi connectivity index (χ3n) is 2.77. The molecule has 18 heavy (non-hydrogen) atoms. The van der Waals surface area contributed by atoms with E-state index in [0.29, 0.717) is 12.5 Å². The van der Waals surface area contributed by atoms with Crippen LogP contribution in [0.1, 0.15) is 44.2 Å². The second-order valence-electron chi connectivity index (χ2n) is 4.79. The molecule has 0 saturated heterocycles. The Labute approximate surface area is 110 Å². The first-order chi connectivity index (χ1) is 8.56. The number of anilines is 1. The highest BCUT2D eigenvalue weighted by atomic mass is 16.5. The molecule has 0 heterocycles. The normalized spacial score (nSPS) is 10.7. The molecule has 0 aliphatic carbocycles. The Morgan fingerprint density at radius 1 is 1.39 bits per heavy atom. The first kappa shape index (κ1) is 14.7. The summed E-state index contributed by atoms with van der Waals surface area (Å²) in [6.45, 7) is 9.03. The number of rotatable bonds is 6. The molecule has 1 N–H and O–H groups in total. The quantitative estimate of drug-likeness (QED) is 0.784. The van der Waals surface area contributed by atoms with Crippen molar-refractivity contribution in [3.63, 3.8) is 0 Å². The van der Waals surface area contributed by atoms with E-state index < -0.39 is 0 Å². The highest BCUT2D eigenvalue weighted by molar-refractivity contribution is 5.93. The van der Waals surface area contributed by atoms with Crippen LogP contribution in [0.2, 0.25) is 0 Å². The lowest BCUT2D eigenvalue weighted by molar-refractivity contribution is -0.120. The number of para-hydroxylation sites is 1. The van der Waals surface area contributed by atoms with Gasteiger partial charge in [-0.1, -0.05) is 39.0 Å². The molecule has 0 atom stereocenters. The van der Waals surface area contributed by atoms with Crippen LogP contribution in [0.5, 0.6) is 0 Å². The Morgan fingerprint density at radius 2 is 2.11 bits per heavy atom. The van der Waals surface area contributed by atoms with Crippen LogP contribution in [0, 0.1) is 6.92 Å². The van der Waals surface area contributed by atoms with Crippen molar-refractivity contribution in [3.8, 4) is 0 Å². The highest BCUT2D eigenvalue weighted by Gasteiger charge is 2.11. The predicted octanol–water partition coefficient (Wildman–Crippen LogP) is 3.48. The summed E-state index contributed by atoms with van der Waals surface area (Å²) in [6, 6.07) is 6.09. The van der Waals surface area contributed by atoms with E-state index in [1.807, 2.05) is 26.0 Å². The van der Waals surface area contributed by atoms with E-state index in [1.54, 1.807) is 0 Å². The van der Waals surface area contributed by atoms with Gasteiger partial charge in [-0.05, 0) is 30.4 Å². The van der Waals surface area contributed by atoms with Crippen molar-refractivity contribution in [1.82, 2.24) is 0 Å². The lowest BCUT2D eigenvalue weighted by Gasteiger charge is -2.16. The van der Waals surface area contributed by atoms with Crippen molar-refractivity contribution in [1.29, 1.82) is 0 Å². The van der Waals surface area contributed by atoms with Crippen molar-refractivity contribution in [3.05, 3.63) is 29.3 Å². The molecule has 0 spiro atoms. The van der Waals surface area contributed by atoms with Crippen LogP contribution < -0.4 is 5.32 Å². The Morgan fingerprint density at radius 3 is 2.72 bits per heavy atom. The molecule has 3 nitrogen and oxygen atoms in total. The second-order valence-corrected chi connectivity index (χ2v) is 4.79. The van der Waals surface area contributed by atoms with Gasteiger partial charge in [-0.2, -0.15) is 0 Å². The van der Waals surface area contributed by atoms with Crippen molar-refractivity contribution in [2.24, 2.45) is 0 Å². The van der Waals surface area contributed by atoms with Gasteiger partial charge < -0.3 is 10.1 Å². The van der Waals surface area contributed by atoms with Crippen molar-refractivity contribution >= 4 is 11.6 Å². The van der Waals surface area contributed by atoms with E-state index in [2.05, 4.69) is 25.2 Å². The molecule has 1 amide bonds. The molecular weight excluding hydrogens is 226 g/mol. The van der Waals surface area contributed by atoms with Crippen molar-refractivity contribution in [2.45, 2.75) is 40.0 Å². The van der Waals surface area contributed by atoms with Gasteiger partial charge in [0, 0.05) is 12.3 Å². The fourth-order valence-corrected chi connectivity index (χ4v) is 1.83. The average Bonchev–Trinajstić information content (AvgIpc) is 2.31. The Balaban J connectivity index is 2.74. The first-order valence-corrected chi connectivity index (χ1v) is 6.53. The maximum absolute atomic E-state index is 11.8. The topological polar surface area (TPSA) is 38.3 Å². The zero-order chi connectivity index (χ0) is 13.5. The fourth-order valence-electron chi connectivity index (χ4n) is 1.83. The lowest BCUT2D eigenvalue weighted by atomic mass is 9.98. The molecule has 0 radical (unpaired) electrons. The molecule has 0 aliphatic rings. The van der Waals surface area contributed by atoms with Crippen LogP contribution in [0.15, 0.2) is 18.2 Å². The van der Waals surface area contributed by atoms with Crippen LogP contribution in [0.25, 0.3) is 0 Å². The maximum Gasteiger partial charge on any atom is 0.250 e. The molecule has 1 rings (SSSR count). The van der Waals surface area contributed by atoms with Crippen LogP contribution >= 0.6 is 0 Å². The summed E-state index contributed by atoms with van der Waals surface area (Å²) >= 11 is 0. The van der Waals surface area contributed by atoms with Crippen LogP contribution in [0.3, 0.4) is 0 Å². The third-order valence-corrected chi connectivity index (χ3v) is 2.77. The Hall–Kier alpha value is -1.35. The number of benzene rings is 1. The second kappa shape index (κ2) is 7.17. The molecule has 1 aromatic rings. The van der Waals surface area contributed by atoms with E-state index in [4.69, 9.17) is 4.74 Å². The summed E-state index contributed by atoms with van der Waals surface area (Å²) in [7, 11) is 0. The zero-order valence-electron chi connectivity index (χ0n) is 11.7. The van der Waals surface area contributed by atoms with Gasteiger partial charge in [0.2, 0.25) is 5.91 Å². The number of carbonyl (C=O) groups excluding carboxylic acids is 1. The average molecular weight is 249 g/mol. The number of hydrogen-bond donors (Lipinski definition) is 1. The lowest BCUT2D eigenvalue weighted by Crippen LogP contribution is -2.20. The van der Waals surface area contributed by atoms with E-state index in [9.17, 15) is 4.79 Å². The van der Waals surface area contributed by atoms with Gasteiger partial charge in [0.05, 0.1) is 0 Å². The predicted molar refractivity (Wildman–Crippen MR) is 75.0 cm³/mol. The molecule has 0 saturated carbocycles. The number of hydrogen-bond acceptors (Lipinski definition) is 2. The molecular formula is C15H23NO2. The standard InChI is InChI=1S/C15H23NO2/c1-5-9-18-10-14(17)16-15-12(4)7-6-8-13(15)11(2)3/h6-8,11H,5,9-10H2,1-4H3,(H,16,17). The van der Waals surface area contributed by atoms with Gasteiger partial charge >= 0.3 is 0 Å². The molecule has 0 bridgehead atoms. The summed E-state index contributed by atoms with van der Waals surface area (Å²) < 4.78 is 5.24. The Kier molecular flexibility index (Phi) is 5.86.